The van der Waals surface area contributed by atoms with Gasteiger partial charge in [-0.2, -0.15) is 0 Å². The number of anilines is 1. The van der Waals surface area contributed by atoms with Crippen LogP contribution in [0.2, 0.25) is 0 Å². The van der Waals surface area contributed by atoms with Crippen LogP contribution in [0, 0.1) is 16.0 Å². The Hall–Kier alpha value is -2.17. The lowest BCUT2D eigenvalue weighted by Crippen LogP contribution is -2.13. The van der Waals surface area contributed by atoms with E-state index in [0.717, 1.165) is 25.1 Å². The maximum Gasteiger partial charge on any atom is 0.278 e. The molecule has 5 heteroatoms. The Morgan fingerprint density at radius 1 is 1.30 bits per heavy atom. The second kappa shape index (κ2) is 6.32. The number of nitro benzene ring substituents is 1. The van der Waals surface area contributed by atoms with Crippen LogP contribution in [0.15, 0.2) is 30.5 Å². The Balaban J connectivity index is 2.36. The second-order valence-corrected chi connectivity index (χ2v) is 4.85. The van der Waals surface area contributed by atoms with E-state index in [1.54, 1.807) is 30.5 Å². The molecule has 0 saturated carbocycles. The minimum atomic E-state index is -0.366. The number of hydrogen-bond acceptors (Lipinski definition) is 4. The van der Waals surface area contributed by atoms with Gasteiger partial charge in [0.2, 0.25) is 0 Å². The molecule has 0 unspecified atom stereocenters. The SMILES string of the molecule is CCC(CC)CNc1ccc([N+](=O)[O-])c2cccnc12. The molecule has 0 aliphatic rings. The lowest BCUT2D eigenvalue weighted by atomic mass is 10.0. The van der Waals surface area contributed by atoms with Crippen LogP contribution >= 0.6 is 0 Å². The molecule has 1 N–H and O–H groups in total. The predicted octanol–water partition coefficient (Wildman–Crippen LogP) is 3.99. The summed E-state index contributed by atoms with van der Waals surface area (Å²) in [4.78, 5) is 15.0. The molecule has 0 spiro atoms. The Morgan fingerprint density at radius 3 is 2.70 bits per heavy atom. The minimum absolute atomic E-state index is 0.0983. The number of non-ortho nitro benzene ring substituents is 1. The molecule has 0 bridgehead atoms. The molecule has 1 aromatic heterocycles. The van der Waals surface area contributed by atoms with Crippen molar-refractivity contribution in [3.8, 4) is 0 Å². The number of benzene rings is 1. The molecule has 2 rings (SSSR count). The number of nitrogens with zero attached hydrogens (tertiary/aromatic N) is 2. The summed E-state index contributed by atoms with van der Waals surface area (Å²) in [5.74, 6) is 0.601. The molecule has 1 heterocycles. The molecule has 0 aliphatic heterocycles. The first kappa shape index (κ1) is 14.2. The topological polar surface area (TPSA) is 68.1 Å². The van der Waals surface area contributed by atoms with Gasteiger partial charge in [0.1, 0.15) is 5.52 Å². The first-order valence-electron chi connectivity index (χ1n) is 6.93. The van der Waals surface area contributed by atoms with Gasteiger partial charge in [0.05, 0.1) is 16.0 Å². The highest BCUT2D eigenvalue weighted by Gasteiger charge is 2.15. The van der Waals surface area contributed by atoms with E-state index >= 15 is 0 Å². The standard InChI is InChI=1S/C15H19N3O2/c1-3-11(4-2)10-17-13-7-8-14(18(19)20)12-6-5-9-16-15(12)13/h5-9,11,17H,3-4,10H2,1-2H3. The molecule has 0 fully saturated rings. The maximum atomic E-state index is 11.0. The largest absolute Gasteiger partial charge is 0.383 e. The van der Waals surface area contributed by atoms with Crippen LogP contribution in [-0.2, 0) is 0 Å². The highest BCUT2D eigenvalue weighted by atomic mass is 16.6. The number of pyridine rings is 1. The molecule has 0 radical (unpaired) electrons. The fraction of sp³-hybridized carbons (Fsp3) is 0.400. The third-order valence-corrected chi connectivity index (χ3v) is 3.68. The number of aromatic nitrogens is 1. The molecule has 0 saturated heterocycles. The van der Waals surface area contributed by atoms with Crippen LogP contribution in [-0.4, -0.2) is 16.5 Å². The number of nitrogens with one attached hydrogen (secondary N) is 1. The van der Waals surface area contributed by atoms with Crippen molar-refractivity contribution in [2.24, 2.45) is 5.92 Å². The molecular formula is C15H19N3O2. The van der Waals surface area contributed by atoms with Crippen molar-refractivity contribution >= 4 is 22.3 Å². The monoisotopic (exact) mass is 273 g/mol. The molecule has 106 valence electrons. The molecule has 0 aliphatic carbocycles. The first-order chi connectivity index (χ1) is 9.67. The van der Waals surface area contributed by atoms with E-state index in [4.69, 9.17) is 0 Å². The van der Waals surface area contributed by atoms with Crippen LogP contribution < -0.4 is 5.32 Å². The fourth-order valence-electron chi connectivity index (χ4n) is 2.29. The third-order valence-electron chi connectivity index (χ3n) is 3.68. The molecule has 1 aromatic carbocycles. The molecule has 20 heavy (non-hydrogen) atoms. The van der Waals surface area contributed by atoms with Crippen molar-refractivity contribution in [2.45, 2.75) is 26.7 Å². The summed E-state index contributed by atoms with van der Waals surface area (Å²) in [5, 5.41) is 15.0. The number of nitro groups is 1. The van der Waals surface area contributed by atoms with Crippen molar-refractivity contribution in [3.05, 3.63) is 40.6 Å². The van der Waals surface area contributed by atoms with E-state index in [-0.39, 0.29) is 10.6 Å². The maximum absolute atomic E-state index is 11.0. The number of rotatable bonds is 6. The molecular weight excluding hydrogens is 254 g/mol. The fourth-order valence-corrected chi connectivity index (χ4v) is 2.29. The number of fused-ring (bicyclic) bond motifs is 1. The van der Waals surface area contributed by atoms with Crippen molar-refractivity contribution in [1.82, 2.24) is 4.98 Å². The van der Waals surface area contributed by atoms with Crippen molar-refractivity contribution in [1.29, 1.82) is 0 Å². The number of hydrogen-bond donors (Lipinski definition) is 1. The van der Waals surface area contributed by atoms with E-state index in [0.29, 0.717) is 16.8 Å². The van der Waals surface area contributed by atoms with Crippen LogP contribution in [0.3, 0.4) is 0 Å². The zero-order valence-electron chi connectivity index (χ0n) is 11.8. The summed E-state index contributed by atoms with van der Waals surface area (Å²) >= 11 is 0. The van der Waals surface area contributed by atoms with Gasteiger partial charge in [-0.3, -0.25) is 15.1 Å². The van der Waals surface area contributed by atoms with Gasteiger partial charge in [-0.1, -0.05) is 26.7 Å². The van der Waals surface area contributed by atoms with Gasteiger partial charge in [0.25, 0.3) is 5.69 Å². The van der Waals surface area contributed by atoms with Crippen LogP contribution in [0.25, 0.3) is 10.9 Å². The lowest BCUT2D eigenvalue weighted by molar-refractivity contribution is -0.383. The summed E-state index contributed by atoms with van der Waals surface area (Å²) in [7, 11) is 0. The summed E-state index contributed by atoms with van der Waals surface area (Å²) in [5.41, 5.74) is 1.62. The van der Waals surface area contributed by atoms with Crippen molar-refractivity contribution in [3.63, 3.8) is 0 Å². The smallest absolute Gasteiger partial charge is 0.278 e. The highest BCUT2D eigenvalue weighted by Crippen LogP contribution is 2.29. The van der Waals surface area contributed by atoms with Gasteiger partial charge < -0.3 is 5.32 Å². The van der Waals surface area contributed by atoms with Crippen molar-refractivity contribution in [2.75, 3.05) is 11.9 Å². The predicted molar refractivity (Wildman–Crippen MR) is 81.0 cm³/mol. The van der Waals surface area contributed by atoms with E-state index < -0.39 is 0 Å². The van der Waals surface area contributed by atoms with Gasteiger partial charge in [0.15, 0.2) is 0 Å². The Kier molecular flexibility index (Phi) is 4.50. The lowest BCUT2D eigenvalue weighted by Gasteiger charge is -2.15. The zero-order valence-corrected chi connectivity index (χ0v) is 11.8. The minimum Gasteiger partial charge on any atom is -0.383 e. The average Bonchev–Trinajstić information content (AvgIpc) is 2.47. The van der Waals surface area contributed by atoms with Gasteiger partial charge in [-0.05, 0) is 24.1 Å². The van der Waals surface area contributed by atoms with E-state index in [1.165, 1.54) is 0 Å². The second-order valence-electron chi connectivity index (χ2n) is 4.85. The average molecular weight is 273 g/mol. The van der Waals surface area contributed by atoms with E-state index in [2.05, 4.69) is 24.1 Å². The Labute approximate surface area is 118 Å². The van der Waals surface area contributed by atoms with Crippen LogP contribution in [0.5, 0.6) is 0 Å². The molecule has 5 nitrogen and oxygen atoms in total. The third kappa shape index (κ3) is 2.87. The summed E-state index contributed by atoms with van der Waals surface area (Å²) < 4.78 is 0. The van der Waals surface area contributed by atoms with Crippen molar-refractivity contribution < 1.29 is 4.92 Å². The first-order valence-corrected chi connectivity index (χ1v) is 6.93. The van der Waals surface area contributed by atoms with Gasteiger partial charge in [0, 0.05) is 18.8 Å². The summed E-state index contributed by atoms with van der Waals surface area (Å²) in [6.07, 6.45) is 3.89. The Bertz CT molecular complexity index is 609. The normalized spacial score (nSPS) is 10.9. The van der Waals surface area contributed by atoms with Crippen LogP contribution in [0.4, 0.5) is 11.4 Å². The van der Waals surface area contributed by atoms with Gasteiger partial charge in [-0.15, -0.1) is 0 Å². The quantitative estimate of drug-likeness (QED) is 0.638. The van der Waals surface area contributed by atoms with E-state index in [9.17, 15) is 10.1 Å². The highest BCUT2D eigenvalue weighted by molar-refractivity contribution is 5.96. The van der Waals surface area contributed by atoms with E-state index in [1.807, 2.05) is 0 Å². The summed E-state index contributed by atoms with van der Waals surface area (Å²) in [6, 6.07) is 6.75. The summed E-state index contributed by atoms with van der Waals surface area (Å²) in [6.45, 7) is 5.20. The molecule has 0 amide bonds. The van der Waals surface area contributed by atoms with Gasteiger partial charge in [-0.25, -0.2) is 0 Å². The zero-order chi connectivity index (χ0) is 14.5. The van der Waals surface area contributed by atoms with Crippen LogP contribution in [0.1, 0.15) is 26.7 Å². The Morgan fingerprint density at radius 2 is 2.05 bits per heavy atom. The van der Waals surface area contributed by atoms with Gasteiger partial charge >= 0.3 is 0 Å². The molecule has 0 atom stereocenters. The molecule has 2 aromatic rings.